The van der Waals surface area contributed by atoms with Crippen molar-refractivity contribution in [2.75, 3.05) is 7.11 Å². The molecule has 1 unspecified atom stereocenters. The zero-order valence-corrected chi connectivity index (χ0v) is 13.2. The van der Waals surface area contributed by atoms with Gasteiger partial charge in [-0.1, -0.05) is 29.8 Å². The second kappa shape index (κ2) is 6.83. The smallest absolute Gasteiger partial charge is 0.120 e. The molecule has 0 heterocycles. The summed E-state index contributed by atoms with van der Waals surface area (Å²) in [5.74, 6) is 0.976. The van der Waals surface area contributed by atoms with Crippen molar-refractivity contribution < 1.29 is 9.84 Å². The molecule has 0 bridgehead atoms. The fraction of sp³-hybridized carbons (Fsp3) is 0.294. The Morgan fingerprint density at radius 1 is 1.05 bits per heavy atom. The van der Waals surface area contributed by atoms with Crippen molar-refractivity contribution in [3.05, 3.63) is 58.6 Å². The van der Waals surface area contributed by atoms with E-state index in [1.54, 1.807) is 19.2 Å². The van der Waals surface area contributed by atoms with E-state index in [4.69, 9.17) is 16.3 Å². The van der Waals surface area contributed by atoms with Crippen molar-refractivity contribution in [2.24, 2.45) is 0 Å². The predicted octanol–water partition coefficient (Wildman–Crippen LogP) is 4.47. The number of nitrogens with one attached hydrogen (secondary N) is 1. The molecule has 0 aliphatic carbocycles. The Kier molecular flexibility index (Phi) is 5.10. The van der Waals surface area contributed by atoms with Crippen LogP contribution < -0.4 is 10.1 Å². The third kappa shape index (κ3) is 3.69. The van der Waals surface area contributed by atoms with Crippen molar-refractivity contribution in [3.63, 3.8) is 0 Å². The molecule has 2 N–H and O–H groups in total. The Bertz CT molecular complexity index is 615. The van der Waals surface area contributed by atoms with Crippen LogP contribution in [0.2, 0.25) is 5.02 Å². The lowest BCUT2D eigenvalue weighted by molar-refractivity contribution is 0.405. The van der Waals surface area contributed by atoms with Crippen molar-refractivity contribution in [3.8, 4) is 11.5 Å². The van der Waals surface area contributed by atoms with Crippen LogP contribution in [-0.4, -0.2) is 12.2 Å². The Labute approximate surface area is 130 Å². The molecule has 3 nitrogen and oxygen atoms in total. The molecule has 2 aromatic rings. The number of benzene rings is 2. The minimum Gasteiger partial charge on any atom is -0.508 e. The number of ether oxygens (including phenoxy) is 1. The maximum Gasteiger partial charge on any atom is 0.120 e. The summed E-state index contributed by atoms with van der Waals surface area (Å²) >= 11 is 6.22. The zero-order valence-electron chi connectivity index (χ0n) is 12.4. The summed E-state index contributed by atoms with van der Waals surface area (Å²) in [5, 5.41) is 14.2. The van der Waals surface area contributed by atoms with E-state index in [0.717, 1.165) is 21.9 Å². The van der Waals surface area contributed by atoms with E-state index in [9.17, 15) is 5.11 Å². The number of hydrogen-bond acceptors (Lipinski definition) is 3. The zero-order chi connectivity index (χ0) is 15.4. The molecule has 0 spiro atoms. The Morgan fingerprint density at radius 3 is 2.38 bits per heavy atom. The highest BCUT2D eigenvalue weighted by molar-refractivity contribution is 6.31. The van der Waals surface area contributed by atoms with Crippen LogP contribution in [0, 0.1) is 0 Å². The van der Waals surface area contributed by atoms with E-state index in [1.807, 2.05) is 37.3 Å². The maximum atomic E-state index is 10.0. The number of halogens is 1. The summed E-state index contributed by atoms with van der Waals surface area (Å²) in [4.78, 5) is 0. The summed E-state index contributed by atoms with van der Waals surface area (Å²) in [6, 6.07) is 13.0. The van der Waals surface area contributed by atoms with Crippen LogP contribution in [0.5, 0.6) is 11.5 Å². The van der Waals surface area contributed by atoms with Crippen LogP contribution in [0.25, 0.3) is 0 Å². The van der Waals surface area contributed by atoms with Gasteiger partial charge in [-0.3, -0.25) is 0 Å². The van der Waals surface area contributed by atoms with Crippen LogP contribution in [0.15, 0.2) is 42.5 Å². The van der Waals surface area contributed by atoms with Gasteiger partial charge in [-0.15, -0.1) is 0 Å². The van der Waals surface area contributed by atoms with Gasteiger partial charge in [0.05, 0.1) is 7.11 Å². The summed E-state index contributed by atoms with van der Waals surface area (Å²) in [6.45, 7) is 4.05. The van der Waals surface area contributed by atoms with Crippen molar-refractivity contribution in [1.29, 1.82) is 0 Å². The molecular weight excluding hydrogens is 286 g/mol. The third-order valence-corrected chi connectivity index (χ3v) is 3.92. The number of phenols is 1. The lowest BCUT2D eigenvalue weighted by Crippen LogP contribution is -2.22. The van der Waals surface area contributed by atoms with Crippen molar-refractivity contribution >= 4 is 11.6 Å². The van der Waals surface area contributed by atoms with E-state index < -0.39 is 0 Å². The second-order valence-electron chi connectivity index (χ2n) is 5.06. The van der Waals surface area contributed by atoms with E-state index in [2.05, 4.69) is 12.2 Å². The van der Waals surface area contributed by atoms with Gasteiger partial charge in [0.1, 0.15) is 11.5 Å². The average Bonchev–Trinajstić information content (AvgIpc) is 2.48. The molecule has 21 heavy (non-hydrogen) atoms. The highest BCUT2D eigenvalue weighted by Crippen LogP contribution is 2.31. The molecule has 2 atom stereocenters. The van der Waals surface area contributed by atoms with Crippen molar-refractivity contribution in [2.45, 2.75) is 25.9 Å². The predicted molar refractivity (Wildman–Crippen MR) is 86.1 cm³/mol. The van der Waals surface area contributed by atoms with Gasteiger partial charge >= 0.3 is 0 Å². The number of phenolic OH excluding ortho intramolecular Hbond substituents is 1. The molecule has 0 saturated carbocycles. The molecule has 0 aliphatic rings. The molecular formula is C17H20ClNO2. The largest absolute Gasteiger partial charge is 0.508 e. The second-order valence-corrected chi connectivity index (χ2v) is 5.46. The van der Waals surface area contributed by atoms with Crippen molar-refractivity contribution in [1.82, 2.24) is 5.32 Å². The first-order valence-electron chi connectivity index (χ1n) is 6.90. The standard InChI is InChI=1S/C17H20ClNO2/c1-11(14-6-4-5-7-16(14)18)19-12(2)15-10-13(21-3)8-9-17(15)20/h4-12,19-20H,1-3H3/t11-,12?/m1/s1. The van der Waals surface area contributed by atoms with Gasteiger partial charge in [-0.25, -0.2) is 0 Å². The van der Waals surface area contributed by atoms with Crippen LogP contribution in [0.1, 0.15) is 37.1 Å². The molecule has 0 aromatic heterocycles. The first kappa shape index (κ1) is 15.7. The minimum absolute atomic E-state index is 0.0358. The molecule has 0 amide bonds. The minimum atomic E-state index is -0.0358. The molecule has 4 heteroatoms. The van der Waals surface area contributed by atoms with Crippen LogP contribution >= 0.6 is 11.6 Å². The molecule has 0 saturated heterocycles. The van der Waals surface area contributed by atoms with Gasteiger partial charge in [0.2, 0.25) is 0 Å². The first-order chi connectivity index (χ1) is 10.0. The quantitative estimate of drug-likeness (QED) is 0.856. The van der Waals surface area contributed by atoms with Gasteiger partial charge in [0, 0.05) is 22.7 Å². The van der Waals surface area contributed by atoms with Gasteiger partial charge in [0.25, 0.3) is 0 Å². The van der Waals surface area contributed by atoms with Gasteiger partial charge < -0.3 is 15.2 Å². The molecule has 0 fully saturated rings. The third-order valence-electron chi connectivity index (χ3n) is 3.57. The number of rotatable bonds is 5. The summed E-state index contributed by atoms with van der Waals surface area (Å²) in [7, 11) is 1.61. The van der Waals surface area contributed by atoms with Gasteiger partial charge in [-0.2, -0.15) is 0 Å². The van der Waals surface area contributed by atoms with E-state index in [0.29, 0.717) is 0 Å². The molecule has 0 aliphatic heterocycles. The van der Waals surface area contributed by atoms with E-state index in [-0.39, 0.29) is 17.8 Å². The van der Waals surface area contributed by atoms with E-state index >= 15 is 0 Å². The average molecular weight is 306 g/mol. The highest BCUT2D eigenvalue weighted by atomic mass is 35.5. The fourth-order valence-electron chi connectivity index (χ4n) is 2.39. The van der Waals surface area contributed by atoms with Gasteiger partial charge in [-0.05, 0) is 43.7 Å². The molecule has 0 radical (unpaired) electrons. The Balaban J connectivity index is 2.18. The first-order valence-corrected chi connectivity index (χ1v) is 7.28. The Morgan fingerprint density at radius 2 is 1.71 bits per heavy atom. The molecule has 112 valence electrons. The summed E-state index contributed by atoms with van der Waals surface area (Å²) in [5.41, 5.74) is 1.83. The van der Waals surface area contributed by atoms with Crippen LogP contribution in [0.4, 0.5) is 0 Å². The summed E-state index contributed by atoms with van der Waals surface area (Å²) < 4.78 is 5.21. The molecule has 2 aromatic carbocycles. The SMILES string of the molecule is COc1ccc(O)c(C(C)N[C@H](C)c2ccccc2Cl)c1. The monoisotopic (exact) mass is 305 g/mol. The lowest BCUT2D eigenvalue weighted by Gasteiger charge is -2.22. The van der Waals surface area contributed by atoms with Crippen LogP contribution in [-0.2, 0) is 0 Å². The lowest BCUT2D eigenvalue weighted by atomic mass is 10.0. The topological polar surface area (TPSA) is 41.5 Å². The fourth-order valence-corrected chi connectivity index (χ4v) is 2.69. The number of hydrogen-bond donors (Lipinski definition) is 2. The summed E-state index contributed by atoms with van der Waals surface area (Å²) in [6.07, 6.45) is 0. The highest BCUT2D eigenvalue weighted by Gasteiger charge is 2.16. The number of aromatic hydroxyl groups is 1. The number of methoxy groups -OCH3 is 1. The maximum absolute atomic E-state index is 10.0. The molecule has 2 rings (SSSR count). The normalized spacial score (nSPS) is 13.7. The van der Waals surface area contributed by atoms with E-state index in [1.165, 1.54) is 0 Å². The Hall–Kier alpha value is -1.71. The van der Waals surface area contributed by atoms with Gasteiger partial charge in [0.15, 0.2) is 0 Å². The van der Waals surface area contributed by atoms with Crippen LogP contribution in [0.3, 0.4) is 0 Å².